The molecular formula is C30H31N3O6S. The molecule has 1 unspecified atom stereocenters. The Morgan fingerprint density at radius 1 is 1.07 bits per heavy atom. The van der Waals surface area contributed by atoms with E-state index in [2.05, 4.69) is 21.9 Å². The average molecular weight is 562 g/mol. The molecule has 0 saturated carbocycles. The van der Waals surface area contributed by atoms with Gasteiger partial charge in [-0.1, -0.05) is 24.1 Å². The Bertz CT molecular complexity index is 1670. The molecule has 4 rings (SSSR count). The van der Waals surface area contributed by atoms with Crippen molar-refractivity contribution >= 4 is 21.5 Å². The molecule has 9 nitrogen and oxygen atoms in total. The zero-order valence-corrected chi connectivity index (χ0v) is 23.4. The molecule has 0 amide bonds. The largest absolute Gasteiger partial charge is 0.494 e. The van der Waals surface area contributed by atoms with Crippen molar-refractivity contribution in [2.24, 2.45) is 0 Å². The van der Waals surface area contributed by atoms with Gasteiger partial charge in [-0.3, -0.25) is 4.79 Å². The van der Waals surface area contributed by atoms with Gasteiger partial charge in [0, 0.05) is 23.6 Å². The van der Waals surface area contributed by atoms with E-state index >= 15 is 0 Å². The van der Waals surface area contributed by atoms with Crippen molar-refractivity contribution in [3.05, 3.63) is 77.5 Å². The van der Waals surface area contributed by atoms with Crippen LogP contribution in [0.25, 0.3) is 17.0 Å². The van der Waals surface area contributed by atoms with E-state index in [-0.39, 0.29) is 18.1 Å². The third-order valence-corrected chi connectivity index (χ3v) is 7.17. The molecule has 0 spiro atoms. The number of benzene rings is 2. The highest BCUT2D eigenvalue weighted by atomic mass is 32.2. The standard InChI is InChI=1S/C30H31N3O6S/c1-4-6-24(18-29(34)35)23-8-10-25(11-9-23)39-20-22-7-14-28-31-30(32-33(28)19-22)27-13-12-26(17-21(27)2)38-15-5-16-40(3,36)37/h7-14,17,19,24H,5,15-16,18,20H2,1-3H3,(H,34,35). The lowest BCUT2D eigenvalue weighted by Crippen LogP contribution is -2.08. The highest BCUT2D eigenvalue weighted by molar-refractivity contribution is 7.90. The van der Waals surface area contributed by atoms with Gasteiger partial charge in [0.25, 0.3) is 0 Å². The zero-order chi connectivity index (χ0) is 28.7. The van der Waals surface area contributed by atoms with E-state index in [4.69, 9.17) is 14.6 Å². The average Bonchev–Trinajstić information content (AvgIpc) is 3.32. The van der Waals surface area contributed by atoms with Crippen LogP contribution in [0.2, 0.25) is 0 Å². The first-order valence-corrected chi connectivity index (χ1v) is 14.8. The number of aromatic nitrogens is 3. The number of aryl methyl sites for hydroxylation is 1. The summed E-state index contributed by atoms with van der Waals surface area (Å²) in [6.07, 6.45) is 3.47. The van der Waals surface area contributed by atoms with Crippen LogP contribution in [-0.2, 0) is 21.2 Å². The molecule has 2 aromatic carbocycles. The normalized spacial score (nSPS) is 12.0. The van der Waals surface area contributed by atoms with E-state index in [1.54, 1.807) is 11.4 Å². The molecular weight excluding hydrogens is 530 g/mol. The van der Waals surface area contributed by atoms with E-state index < -0.39 is 15.8 Å². The molecule has 0 radical (unpaired) electrons. The topological polar surface area (TPSA) is 120 Å². The van der Waals surface area contributed by atoms with Crippen molar-refractivity contribution in [2.75, 3.05) is 18.6 Å². The maximum Gasteiger partial charge on any atom is 0.304 e. The van der Waals surface area contributed by atoms with Crippen molar-refractivity contribution in [1.29, 1.82) is 0 Å². The lowest BCUT2D eigenvalue weighted by atomic mass is 9.96. The molecule has 1 atom stereocenters. The first kappa shape index (κ1) is 28.6. The van der Waals surface area contributed by atoms with E-state index in [0.717, 1.165) is 22.3 Å². The Morgan fingerprint density at radius 3 is 2.50 bits per heavy atom. The highest BCUT2D eigenvalue weighted by Gasteiger charge is 2.14. The zero-order valence-electron chi connectivity index (χ0n) is 22.6. The van der Waals surface area contributed by atoms with Crippen LogP contribution in [0.4, 0.5) is 0 Å². The summed E-state index contributed by atoms with van der Waals surface area (Å²) in [6.45, 7) is 4.30. The van der Waals surface area contributed by atoms with E-state index in [1.807, 2.05) is 67.7 Å². The molecule has 0 aliphatic heterocycles. The van der Waals surface area contributed by atoms with Gasteiger partial charge in [-0.05, 0) is 67.8 Å². The van der Waals surface area contributed by atoms with Gasteiger partial charge in [-0.25, -0.2) is 17.9 Å². The van der Waals surface area contributed by atoms with Gasteiger partial charge in [0.05, 0.1) is 24.7 Å². The van der Waals surface area contributed by atoms with Gasteiger partial charge in [0.2, 0.25) is 0 Å². The van der Waals surface area contributed by atoms with Crippen LogP contribution in [0.3, 0.4) is 0 Å². The van der Waals surface area contributed by atoms with Crippen LogP contribution in [0, 0.1) is 18.8 Å². The van der Waals surface area contributed by atoms with Crippen LogP contribution in [-0.4, -0.2) is 52.7 Å². The van der Waals surface area contributed by atoms with E-state index in [0.29, 0.717) is 42.6 Å². The third kappa shape index (κ3) is 7.83. The van der Waals surface area contributed by atoms with Crippen LogP contribution < -0.4 is 9.47 Å². The van der Waals surface area contributed by atoms with Crippen LogP contribution >= 0.6 is 0 Å². The number of pyridine rings is 1. The van der Waals surface area contributed by atoms with Crippen molar-refractivity contribution in [2.45, 2.75) is 39.2 Å². The summed E-state index contributed by atoms with van der Waals surface area (Å²) in [5.74, 6) is 6.51. The number of sulfone groups is 1. The molecule has 208 valence electrons. The first-order chi connectivity index (χ1) is 19.1. The first-order valence-electron chi connectivity index (χ1n) is 12.7. The van der Waals surface area contributed by atoms with E-state index in [1.165, 1.54) is 6.26 Å². The molecule has 4 aromatic rings. The second-order valence-corrected chi connectivity index (χ2v) is 11.7. The van der Waals surface area contributed by atoms with Crippen LogP contribution in [0.1, 0.15) is 42.4 Å². The number of fused-ring (bicyclic) bond motifs is 1. The van der Waals surface area contributed by atoms with Gasteiger partial charge in [-0.2, -0.15) is 0 Å². The van der Waals surface area contributed by atoms with Gasteiger partial charge in [-0.15, -0.1) is 11.0 Å². The number of aliphatic carboxylic acids is 1. The predicted octanol–water partition coefficient (Wildman–Crippen LogP) is 4.68. The maximum absolute atomic E-state index is 11.3. The third-order valence-electron chi connectivity index (χ3n) is 6.14. The van der Waals surface area contributed by atoms with Crippen molar-refractivity contribution < 1.29 is 27.8 Å². The molecule has 0 aliphatic carbocycles. The number of carboxylic acid groups (broad SMARTS) is 1. The van der Waals surface area contributed by atoms with Crippen molar-refractivity contribution in [3.63, 3.8) is 0 Å². The summed E-state index contributed by atoms with van der Waals surface area (Å²) in [5, 5.41) is 13.8. The minimum Gasteiger partial charge on any atom is -0.494 e. The van der Waals surface area contributed by atoms with Crippen LogP contribution in [0.5, 0.6) is 11.5 Å². The maximum atomic E-state index is 11.3. The fraction of sp³-hybridized carbons (Fsp3) is 0.300. The minimum absolute atomic E-state index is 0.0499. The number of rotatable bonds is 12. The molecule has 0 saturated heterocycles. The highest BCUT2D eigenvalue weighted by Crippen LogP contribution is 2.26. The summed E-state index contributed by atoms with van der Waals surface area (Å²) in [4.78, 5) is 15.8. The summed E-state index contributed by atoms with van der Waals surface area (Å²) in [6, 6.07) is 16.8. The molecule has 1 N–H and O–H groups in total. The smallest absolute Gasteiger partial charge is 0.304 e. The van der Waals surface area contributed by atoms with E-state index in [9.17, 15) is 13.2 Å². The number of nitrogens with zero attached hydrogens (tertiary/aromatic N) is 3. The number of carboxylic acids is 1. The minimum atomic E-state index is -3.00. The monoisotopic (exact) mass is 561 g/mol. The lowest BCUT2D eigenvalue weighted by molar-refractivity contribution is -0.137. The summed E-state index contributed by atoms with van der Waals surface area (Å²) >= 11 is 0. The predicted molar refractivity (Wildman–Crippen MR) is 152 cm³/mol. The van der Waals surface area contributed by atoms with Gasteiger partial charge < -0.3 is 14.6 Å². The van der Waals surface area contributed by atoms with Gasteiger partial charge in [0.15, 0.2) is 11.5 Å². The summed E-state index contributed by atoms with van der Waals surface area (Å²) in [5.41, 5.74) is 4.26. The number of carbonyl (C=O) groups is 1. The number of ether oxygens (including phenoxy) is 2. The van der Waals surface area contributed by atoms with Crippen molar-refractivity contribution in [1.82, 2.24) is 14.6 Å². The molecule has 40 heavy (non-hydrogen) atoms. The molecule has 2 aromatic heterocycles. The summed E-state index contributed by atoms with van der Waals surface area (Å²) < 4.78 is 35.9. The molecule has 0 fully saturated rings. The fourth-order valence-electron chi connectivity index (χ4n) is 4.18. The Kier molecular flexibility index (Phi) is 9.07. The quantitative estimate of drug-likeness (QED) is 0.196. The van der Waals surface area contributed by atoms with Gasteiger partial charge in [0.1, 0.15) is 27.9 Å². The molecule has 10 heteroatoms. The molecule has 0 bridgehead atoms. The second-order valence-electron chi connectivity index (χ2n) is 9.49. The van der Waals surface area contributed by atoms with Gasteiger partial charge >= 0.3 is 5.97 Å². The fourth-order valence-corrected chi connectivity index (χ4v) is 4.82. The Balaban J connectivity index is 1.40. The SMILES string of the molecule is CC#CC(CC(=O)O)c1ccc(OCc2ccc3nc(-c4ccc(OCCCS(C)(=O)=O)cc4C)nn3c2)cc1. The summed E-state index contributed by atoms with van der Waals surface area (Å²) in [7, 11) is -3.00. The molecule has 0 aliphatic rings. The Morgan fingerprint density at radius 2 is 1.82 bits per heavy atom. The number of hydrogen-bond acceptors (Lipinski definition) is 7. The lowest BCUT2D eigenvalue weighted by Gasteiger charge is -2.11. The number of hydrogen-bond donors (Lipinski definition) is 1. The Hall–Kier alpha value is -4.36. The van der Waals surface area contributed by atoms with Crippen LogP contribution in [0.15, 0.2) is 60.8 Å². The van der Waals surface area contributed by atoms with Crippen molar-refractivity contribution in [3.8, 4) is 34.7 Å². The second kappa shape index (κ2) is 12.7. The molecule has 2 heterocycles. The Labute approximate surface area is 233 Å².